The second-order valence-electron chi connectivity index (χ2n) is 8.20. The van der Waals surface area contributed by atoms with Gasteiger partial charge in [-0.25, -0.2) is 9.29 Å². The summed E-state index contributed by atoms with van der Waals surface area (Å²) in [6, 6.07) is 10.4. The number of ether oxygens (including phenoxy) is 1. The smallest absolute Gasteiger partial charge is 0.308 e. The molecule has 0 saturated carbocycles. The number of esters is 1. The van der Waals surface area contributed by atoms with E-state index in [9.17, 15) is 23.6 Å². The monoisotopic (exact) mass is 440 g/mol. The fraction of sp³-hybridized carbons (Fsp3) is 0.333. The Hall–Kier alpha value is -3.55. The van der Waals surface area contributed by atoms with Gasteiger partial charge in [-0.1, -0.05) is 19.1 Å². The van der Waals surface area contributed by atoms with Crippen molar-refractivity contribution in [1.82, 2.24) is 4.90 Å². The van der Waals surface area contributed by atoms with Crippen molar-refractivity contribution in [2.75, 3.05) is 4.90 Å². The van der Waals surface area contributed by atoms with Crippen LogP contribution in [0.15, 0.2) is 48.5 Å². The summed E-state index contributed by atoms with van der Waals surface area (Å²) in [4.78, 5) is 52.9. The Morgan fingerprint density at radius 1 is 1.12 bits per heavy atom. The Balaban J connectivity index is 1.96. The van der Waals surface area contributed by atoms with E-state index in [2.05, 4.69) is 0 Å². The van der Waals surface area contributed by atoms with Gasteiger partial charge in [0.15, 0.2) is 0 Å². The topological polar surface area (TPSA) is 84.0 Å². The van der Waals surface area contributed by atoms with Gasteiger partial charge in [0.2, 0.25) is 5.91 Å². The van der Waals surface area contributed by atoms with Crippen LogP contribution >= 0.6 is 0 Å². The highest BCUT2D eigenvalue weighted by Gasteiger charge is 2.48. The minimum Gasteiger partial charge on any atom is -0.427 e. The third-order valence-corrected chi connectivity index (χ3v) is 5.63. The quantitative estimate of drug-likeness (QED) is 0.388. The van der Waals surface area contributed by atoms with Crippen LogP contribution in [-0.4, -0.2) is 40.2 Å². The second kappa shape index (κ2) is 8.90. The van der Waals surface area contributed by atoms with Gasteiger partial charge in [-0.05, 0) is 56.7 Å². The van der Waals surface area contributed by atoms with E-state index >= 15 is 0 Å². The fourth-order valence-corrected chi connectivity index (χ4v) is 3.69. The van der Waals surface area contributed by atoms with Crippen molar-refractivity contribution in [3.8, 4) is 5.75 Å². The highest BCUT2D eigenvalue weighted by molar-refractivity contribution is 6.23. The molecule has 32 heavy (non-hydrogen) atoms. The summed E-state index contributed by atoms with van der Waals surface area (Å²) in [5.74, 6) is -2.59. The highest BCUT2D eigenvalue weighted by atomic mass is 19.1. The van der Waals surface area contributed by atoms with E-state index in [0.717, 1.165) is 4.90 Å². The van der Waals surface area contributed by atoms with Crippen LogP contribution in [0.4, 0.5) is 10.1 Å². The third-order valence-electron chi connectivity index (χ3n) is 5.63. The van der Waals surface area contributed by atoms with Gasteiger partial charge in [0.1, 0.15) is 17.6 Å². The summed E-state index contributed by atoms with van der Waals surface area (Å²) in [7, 11) is 0. The highest BCUT2D eigenvalue weighted by Crippen LogP contribution is 2.33. The lowest BCUT2D eigenvalue weighted by Crippen LogP contribution is -2.55. The van der Waals surface area contributed by atoms with Gasteiger partial charge in [-0.2, -0.15) is 0 Å². The Bertz CT molecular complexity index is 1060. The molecule has 0 N–H and O–H groups in total. The number of hydrogen-bond acceptors (Lipinski definition) is 5. The molecular formula is C24H25FN2O5. The number of benzene rings is 2. The number of amides is 3. The molecule has 2 aromatic rings. The number of carbonyl (C=O) groups is 4. The maximum absolute atomic E-state index is 14.4. The standard InChI is InChI=1S/C24H25FN2O5/c1-5-24(3,4)27(22(30)18-8-6-7-9-19(18)25)20-14-21(29)26(23(20)31)16-10-12-17(13-11-16)32-15(2)28/h6-13,20H,5,14H2,1-4H3. The summed E-state index contributed by atoms with van der Waals surface area (Å²) in [6.45, 7) is 6.68. The average molecular weight is 440 g/mol. The first-order valence-corrected chi connectivity index (χ1v) is 10.3. The van der Waals surface area contributed by atoms with Crippen molar-refractivity contribution < 1.29 is 28.3 Å². The molecule has 3 amide bonds. The number of halogens is 1. The molecule has 0 radical (unpaired) electrons. The second-order valence-corrected chi connectivity index (χ2v) is 8.20. The number of carbonyl (C=O) groups excluding carboxylic acids is 4. The third kappa shape index (κ3) is 4.39. The Morgan fingerprint density at radius 2 is 1.75 bits per heavy atom. The first-order valence-electron chi connectivity index (χ1n) is 10.3. The van der Waals surface area contributed by atoms with E-state index in [1.54, 1.807) is 19.9 Å². The van der Waals surface area contributed by atoms with Crippen LogP contribution in [0.1, 0.15) is 50.9 Å². The van der Waals surface area contributed by atoms with Gasteiger partial charge in [0.25, 0.3) is 11.8 Å². The van der Waals surface area contributed by atoms with Crippen LogP contribution in [0.2, 0.25) is 0 Å². The zero-order valence-corrected chi connectivity index (χ0v) is 18.4. The number of nitrogens with zero attached hydrogens (tertiary/aromatic N) is 2. The van der Waals surface area contributed by atoms with E-state index in [-0.39, 0.29) is 17.7 Å². The van der Waals surface area contributed by atoms with Crippen LogP contribution in [0.25, 0.3) is 0 Å². The fourth-order valence-electron chi connectivity index (χ4n) is 3.69. The Morgan fingerprint density at radius 3 is 2.31 bits per heavy atom. The Labute approximate surface area is 185 Å². The average Bonchev–Trinajstić information content (AvgIpc) is 3.02. The predicted octanol–water partition coefficient (Wildman–Crippen LogP) is 3.71. The summed E-state index contributed by atoms with van der Waals surface area (Å²) in [6.07, 6.45) is 0.274. The molecule has 0 aromatic heterocycles. The SMILES string of the molecule is CCC(C)(C)N(C(=O)c1ccccc1F)C1CC(=O)N(c2ccc(OC(C)=O)cc2)C1=O. The number of rotatable bonds is 6. The molecule has 1 heterocycles. The van der Waals surface area contributed by atoms with E-state index in [1.807, 2.05) is 6.92 Å². The molecule has 1 aliphatic rings. The minimum atomic E-state index is -1.07. The van der Waals surface area contributed by atoms with Crippen molar-refractivity contribution in [2.45, 2.75) is 52.1 Å². The lowest BCUT2D eigenvalue weighted by molar-refractivity contribution is -0.132. The van der Waals surface area contributed by atoms with Gasteiger partial charge in [0, 0.05) is 12.5 Å². The zero-order valence-electron chi connectivity index (χ0n) is 18.4. The summed E-state index contributed by atoms with van der Waals surface area (Å²) >= 11 is 0. The van der Waals surface area contributed by atoms with Crippen molar-refractivity contribution in [3.05, 3.63) is 59.9 Å². The predicted molar refractivity (Wildman–Crippen MR) is 116 cm³/mol. The number of imide groups is 1. The molecule has 0 bridgehead atoms. The van der Waals surface area contributed by atoms with Gasteiger partial charge in [-0.3, -0.25) is 19.2 Å². The molecule has 1 saturated heterocycles. The van der Waals surface area contributed by atoms with Crippen LogP contribution in [0.3, 0.4) is 0 Å². The molecule has 3 rings (SSSR count). The summed E-state index contributed by atoms with van der Waals surface area (Å²) in [5.41, 5.74) is -0.667. The lowest BCUT2D eigenvalue weighted by Gasteiger charge is -2.41. The van der Waals surface area contributed by atoms with Crippen LogP contribution in [-0.2, 0) is 14.4 Å². The first kappa shape index (κ1) is 23.1. The van der Waals surface area contributed by atoms with E-state index in [4.69, 9.17) is 4.74 Å². The van der Waals surface area contributed by atoms with Gasteiger partial charge in [-0.15, -0.1) is 0 Å². The van der Waals surface area contributed by atoms with Crippen molar-refractivity contribution in [3.63, 3.8) is 0 Å². The van der Waals surface area contributed by atoms with Crippen LogP contribution < -0.4 is 9.64 Å². The normalized spacial score (nSPS) is 16.3. The van der Waals surface area contributed by atoms with Gasteiger partial charge < -0.3 is 9.64 Å². The first-order chi connectivity index (χ1) is 15.1. The number of hydrogen-bond donors (Lipinski definition) is 0. The molecule has 1 unspecified atom stereocenters. The molecule has 168 valence electrons. The molecule has 0 aliphatic carbocycles. The molecule has 2 aromatic carbocycles. The van der Waals surface area contributed by atoms with E-state index in [0.29, 0.717) is 12.1 Å². The van der Waals surface area contributed by atoms with Gasteiger partial charge in [0.05, 0.1) is 17.7 Å². The molecule has 1 atom stereocenters. The minimum absolute atomic E-state index is 0.154. The van der Waals surface area contributed by atoms with Crippen molar-refractivity contribution in [2.24, 2.45) is 0 Å². The molecule has 1 aliphatic heterocycles. The largest absolute Gasteiger partial charge is 0.427 e. The maximum atomic E-state index is 14.4. The van der Waals surface area contributed by atoms with Crippen LogP contribution in [0.5, 0.6) is 5.75 Å². The van der Waals surface area contributed by atoms with E-state index < -0.39 is 41.1 Å². The van der Waals surface area contributed by atoms with Crippen molar-refractivity contribution >= 4 is 29.4 Å². The van der Waals surface area contributed by atoms with E-state index in [1.165, 1.54) is 54.3 Å². The van der Waals surface area contributed by atoms with Gasteiger partial charge >= 0.3 is 5.97 Å². The lowest BCUT2D eigenvalue weighted by atomic mass is 9.94. The maximum Gasteiger partial charge on any atom is 0.308 e. The molecular weight excluding hydrogens is 415 g/mol. The Kier molecular flexibility index (Phi) is 6.43. The van der Waals surface area contributed by atoms with Crippen molar-refractivity contribution in [1.29, 1.82) is 0 Å². The molecule has 8 heteroatoms. The summed E-state index contributed by atoms with van der Waals surface area (Å²) in [5, 5.41) is 0. The number of anilines is 1. The molecule has 1 fully saturated rings. The molecule has 7 nitrogen and oxygen atoms in total. The van der Waals surface area contributed by atoms with Crippen LogP contribution in [0, 0.1) is 5.82 Å². The molecule has 0 spiro atoms. The zero-order chi connectivity index (χ0) is 23.6. The summed E-state index contributed by atoms with van der Waals surface area (Å²) < 4.78 is 19.4.